The van der Waals surface area contributed by atoms with Gasteiger partial charge < -0.3 is 11.1 Å². The van der Waals surface area contributed by atoms with Crippen molar-refractivity contribution in [2.24, 2.45) is 5.73 Å². The topological polar surface area (TPSA) is 55.1 Å². The van der Waals surface area contributed by atoms with Gasteiger partial charge in [-0.1, -0.05) is 24.1 Å². The fourth-order valence-electron chi connectivity index (χ4n) is 1.74. The average molecular weight is 301 g/mol. The van der Waals surface area contributed by atoms with Crippen LogP contribution in [0.4, 0.5) is 0 Å². The Morgan fingerprint density at radius 3 is 2.79 bits per heavy atom. The van der Waals surface area contributed by atoms with Crippen molar-refractivity contribution in [3.05, 3.63) is 34.3 Å². The number of hydrogen-bond donors (Lipinski definition) is 2. The van der Waals surface area contributed by atoms with Crippen molar-refractivity contribution in [2.45, 2.75) is 25.8 Å². The van der Waals surface area contributed by atoms with Crippen LogP contribution in [0.2, 0.25) is 5.02 Å². The molecule has 106 valence electrons. The molecule has 0 heterocycles. The summed E-state index contributed by atoms with van der Waals surface area (Å²) in [5, 5.41) is 3.95. The molecule has 0 saturated carbocycles. The van der Waals surface area contributed by atoms with Gasteiger partial charge in [-0.2, -0.15) is 11.8 Å². The van der Waals surface area contributed by atoms with Crippen molar-refractivity contribution in [2.75, 3.05) is 18.6 Å². The summed E-state index contributed by atoms with van der Waals surface area (Å²) in [4.78, 5) is 11.0. The van der Waals surface area contributed by atoms with E-state index in [-0.39, 0.29) is 0 Å². The molecule has 0 aliphatic rings. The van der Waals surface area contributed by atoms with Crippen molar-refractivity contribution < 1.29 is 4.79 Å². The van der Waals surface area contributed by atoms with Gasteiger partial charge in [0, 0.05) is 17.1 Å². The normalized spacial score (nSPS) is 10.6. The average Bonchev–Trinajstić information content (AvgIpc) is 2.39. The molecular formula is C14H21ClN2OS. The smallest absolute Gasteiger partial charge is 0.248 e. The highest BCUT2D eigenvalue weighted by atomic mass is 35.5. The van der Waals surface area contributed by atoms with Crippen LogP contribution in [0.25, 0.3) is 0 Å². The van der Waals surface area contributed by atoms with Gasteiger partial charge in [0.05, 0.1) is 0 Å². The van der Waals surface area contributed by atoms with Gasteiger partial charge in [0.25, 0.3) is 0 Å². The maximum absolute atomic E-state index is 11.0. The zero-order chi connectivity index (χ0) is 14.1. The highest BCUT2D eigenvalue weighted by molar-refractivity contribution is 7.98. The lowest BCUT2D eigenvalue weighted by Gasteiger charge is -2.07. The summed E-state index contributed by atoms with van der Waals surface area (Å²) in [5.41, 5.74) is 6.64. The maximum atomic E-state index is 11.0. The quantitative estimate of drug-likeness (QED) is 0.689. The Hall–Kier alpha value is -0.710. The second-order valence-electron chi connectivity index (χ2n) is 4.40. The standard InChI is InChI=1S/C14H21ClN2OS/c1-19-8-4-2-3-7-17-10-12-6-5-11(14(16)18)9-13(12)15/h5-6,9,17H,2-4,7-8,10H2,1H3,(H2,16,18). The highest BCUT2D eigenvalue weighted by Gasteiger charge is 2.05. The minimum absolute atomic E-state index is 0.449. The van der Waals surface area contributed by atoms with Crippen LogP contribution in [0, 0.1) is 0 Å². The third-order valence-corrected chi connectivity index (χ3v) is 3.90. The van der Waals surface area contributed by atoms with Gasteiger partial charge in [0.1, 0.15) is 0 Å². The molecule has 3 N–H and O–H groups in total. The van der Waals surface area contributed by atoms with Crippen LogP contribution in [0.5, 0.6) is 0 Å². The third kappa shape index (κ3) is 6.32. The molecule has 19 heavy (non-hydrogen) atoms. The molecule has 0 aliphatic heterocycles. The number of carbonyl (C=O) groups is 1. The van der Waals surface area contributed by atoms with Gasteiger partial charge in [-0.3, -0.25) is 4.79 Å². The summed E-state index contributed by atoms with van der Waals surface area (Å²) in [6, 6.07) is 5.19. The molecule has 0 fully saturated rings. The van der Waals surface area contributed by atoms with Gasteiger partial charge in [-0.05, 0) is 49.1 Å². The Kier molecular flexibility index (Phi) is 7.94. The second kappa shape index (κ2) is 9.23. The first-order chi connectivity index (χ1) is 9.15. The molecule has 5 heteroatoms. The number of unbranched alkanes of at least 4 members (excludes halogenated alkanes) is 2. The molecule has 3 nitrogen and oxygen atoms in total. The Labute approximate surface area is 124 Å². The summed E-state index contributed by atoms with van der Waals surface area (Å²) in [6.07, 6.45) is 5.84. The van der Waals surface area contributed by atoms with E-state index in [4.69, 9.17) is 17.3 Å². The van der Waals surface area contributed by atoms with E-state index in [2.05, 4.69) is 11.6 Å². The zero-order valence-electron chi connectivity index (χ0n) is 11.2. The molecule has 0 aromatic heterocycles. The van der Waals surface area contributed by atoms with Crippen molar-refractivity contribution >= 4 is 29.3 Å². The lowest BCUT2D eigenvalue weighted by molar-refractivity contribution is 0.100. The number of nitrogens with two attached hydrogens (primary N) is 1. The van der Waals surface area contributed by atoms with Crippen molar-refractivity contribution in [3.8, 4) is 0 Å². The van der Waals surface area contributed by atoms with Crippen molar-refractivity contribution in [1.82, 2.24) is 5.32 Å². The van der Waals surface area contributed by atoms with E-state index in [1.54, 1.807) is 12.1 Å². The van der Waals surface area contributed by atoms with E-state index in [0.717, 1.165) is 18.7 Å². The number of primary amides is 1. The predicted octanol–water partition coefficient (Wildman–Crippen LogP) is 3.06. The predicted molar refractivity (Wildman–Crippen MR) is 83.9 cm³/mol. The first-order valence-corrected chi connectivity index (χ1v) is 8.20. The van der Waals surface area contributed by atoms with Crippen LogP contribution < -0.4 is 11.1 Å². The van der Waals surface area contributed by atoms with Crippen LogP contribution in [-0.4, -0.2) is 24.5 Å². The van der Waals surface area contributed by atoms with Crippen LogP contribution in [-0.2, 0) is 6.54 Å². The second-order valence-corrected chi connectivity index (χ2v) is 5.79. The third-order valence-electron chi connectivity index (χ3n) is 2.86. The first kappa shape index (κ1) is 16.3. The Balaban J connectivity index is 2.28. The molecular weight excluding hydrogens is 280 g/mol. The summed E-state index contributed by atoms with van der Waals surface area (Å²) in [5.74, 6) is 0.788. The molecule has 1 aromatic carbocycles. The highest BCUT2D eigenvalue weighted by Crippen LogP contribution is 2.17. The van der Waals surface area contributed by atoms with E-state index < -0.39 is 5.91 Å². The molecule has 1 aromatic rings. The molecule has 0 atom stereocenters. The number of nitrogens with one attached hydrogen (secondary N) is 1. The number of hydrogen-bond acceptors (Lipinski definition) is 3. The molecule has 1 rings (SSSR count). The van der Waals surface area contributed by atoms with Crippen molar-refractivity contribution in [1.29, 1.82) is 0 Å². The maximum Gasteiger partial charge on any atom is 0.248 e. The van der Waals surface area contributed by atoms with Crippen molar-refractivity contribution in [3.63, 3.8) is 0 Å². The van der Waals surface area contributed by atoms with Gasteiger partial charge in [0.2, 0.25) is 5.91 Å². The fraction of sp³-hybridized carbons (Fsp3) is 0.500. The zero-order valence-corrected chi connectivity index (χ0v) is 12.8. The minimum Gasteiger partial charge on any atom is -0.366 e. The molecule has 0 bridgehead atoms. The summed E-state index contributed by atoms with van der Waals surface area (Å²) < 4.78 is 0. The van der Waals surface area contributed by atoms with Crippen LogP contribution in [0.15, 0.2) is 18.2 Å². The van der Waals surface area contributed by atoms with E-state index in [1.807, 2.05) is 17.8 Å². The molecule has 0 aliphatic carbocycles. The van der Waals surface area contributed by atoms with E-state index >= 15 is 0 Å². The Morgan fingerprint density at radius 1 is 1.37 bits per heavy atom. The number of benzene rings is 1. The Morgan fingerprint density at radius 2 is 2.16 bits per heavy atom. The number of rotatable bonds is 9. The number of halogens is 1. The molecule has 0 spiro atoms. The summed E-state index contributed by atoms with van der Waals surface area (Å²) >= 11 is 8.00. The van der Waals surface area contributed by atoms with Gasteiger partial charge >= 0.3 is 0 Å². The number of thioether (sulfide) groups is 1. The van der Waals surface area contributed by atoms with Gasteiger partial charge in [0.15, 0.2) is 0 Å². The summed E-state index contributed by atoms with van der Waals surface area (Å²) in [6.45, 7) is 1.71. The van der Waals surface area contributed by atoms with E-state index in [1.165, 1.54) is 25.0 Å². The van der Waals surface area contributed by atoms with Gasteiger partial charge in [-0.15, -0.1) is 0 Å². The first-order valence-electron chi connectivity index (χ1n) is 6.43. The minimum atomic E-state index is -0.449. The molecule has 1 amide bonds. The largest absolute Gasteiger partial charge is 0.366 e. The molecule has 0 saturated heterocycles. The molecule has 0 radical (unpaired) electrons. The van der Waals surface area contributed by atoms with Gasteiger partial charge in [-0.25, -0.2) is 0 Å². The van der Waals surface area contributed by atoms with E-state index in [9.17, 15) is 4.79 Å². The Bertz CT molecular complexity index is 412. The number of carbonyl (C=O) groups excluding carboxylic acids is 1. The SMILES string of the molecule is CSCCCCCNCc1ccc(C(N)=O)cc1Cl. The number of amides is 1. The summed E-state index contributed by atoms with van der Waals surface area (Å²) in [7, 11) is 0. The lowest BCUT2D eigenvalue weighted by Crippen LogP contribution is -2.16. The monoisotopic (exact) mass is 300 g/mol. The van der Waals surface area contributed by atoms with Crippen LogP contribution >= 0.6 is 23.4 Å². The fourth-order valence-corrected chi connectivity index (χ4v) is 2.48. The van der Waals surface area contributed by atoms with E-state index in [0.29, 0.717) is 10.6 Å². The van der Waals surface area contributed by atoms with Crippen LogP contribution in [0.3, 0.4) is 0 Å². The lowest BCUT2D eigenvalue weighted by atomic mass is 10.1. The van der Waals surface area contributed by atoms with Crippen LogP contribution in [0.1, 0.15) is 35.2 Å². The molecule has 0 unspecified atom stereocenters.